The summed E-state index contributed by atoms with van der Waals surface area (Å²) in [6.45, 7) is 0.356. The van der Waals surface area contributed by atoms with Gasteiger partial charge < -0.3 is 5.32 Å². The van der Waals surface area contributed by atoms with Crippen molar-refractivity contribution in [3.05, 3.63) is 323 Å². The molecule has 9 aromatic rings. The number of nitrogens with one attached hydrogen (secondary N) is 1. The summed E-state index contributed by atoms with van der Waals surface area (Å²) in [4.78, 5) is 30.4. The second kappa shape index (κ2) is 23.9. The molecule has 358 valence electrons. The third kappa shape index (κ3) is 10.6. The molecule has 7 heteroatoms. The summed E-state index contributed by atoms with van der Waals surface area (Å²) < 4.78 is 0.118. The average molecular weight is 995 g/mol. The van der Waals surface area contributed by atoms with Gasteiger partial charge in [0.2, 0.25) is 11.8 Å². The Morgan fingerprint density at radius 2 is 0.667 bits per heavy atom. The van der Waals surface area contributed by atoms with Crippen LogP contribution in [0.5, 0.6) is 0 Å². The number of hydrogen-bond donors (Lipinski definition) is 2. The van der Waals surface area contributed by atoms with E-state index in [2.05, 4.69) is 224 Å². The van der Waals surface area contributed by atoms with E-state index in [-0.39, 0.29) is 24.0 Å². The Morgan fingerprint density at radius 1 is 0.403 bits per heavy atom. The molecule has 0 saturated carbocycles. The number of benzene rings is 9. The minimum absolute atomic E-state index is 0.126. The molecule has 0 aliphatic heterocycles. The van der Waals surface area contributed by atoms with Crippen molar-refractivity contribution in [2.75, 3.05) is 18.1 Å². The summed E-state index contributed by atoms with van der Waals surface area (Å²) in [6, 6.07) is 93.4. The van der Waals surface area contributed by atoms with Crippen molar-refractivity contribution >= 4 is 48.2 Å². The molecule has 0 aliphatic rings. The lowest BCUT2D eigenvalue weighted by Crippen LogP contribution is -2.48. The zero-order valence-electron chi connectivity index (χ0n) is 40.1. The van der Waals surface area contributed by atoms with Gasteiger partial charge in [-0.25, -0.2) is 0 Å². The molecular weight excluding hydrogens is 937 g/mol. The molecule has 0 heterocycles. The number of hydrogen-bond acceptors (Lipinski definition) is 5. The van der Waals surface area contributed by atoms with Gasteiger partial charge >= 0.3 is 0 Å². The van der Waals surface area contributed by atoms with Crippen LogP contribution in [0.2, 0.25) is 0 Å². The number of rotatable bonds is 21. The Balaban J connectivity index is 1.06. The largest absolute Gasteiger partial charge is 0.353 e. The van der Waals surface area contributed by atoms with Gasteiger partial charge in [0.25, 0.3) is 0 Å². The molecule has 0 fully saturated rings. The summed E-state index contributed by atoms with van der Waals surface area (Å²) in [5.41, 5.74) is 9.24. The van der Waals surface area contributed by atoms with Crippen molar-refractivity contribution in [2.24, 2.45) is 0 Å². The molecule has 2 amide bonds. The fourth-order valence-corrected chi connectivity index (χ4v) is 13.6. The third-order valence-electron chi connectivity index (χ3n) is 13.6. The number of carbonyl (C=O) groups is 2. The Morgan fingerprint density at radius 3 is 0.958 bits per heavy atom. The molecule has 1 atom stereocenters. The Bertz CT molecular complexity index is 2770. The maximum absolute atomic E-state index is 15.2. The molecule has 9 aromatic carbocycles. The van der Waals surface area contributed by atoms with Crippen LogP contribution in [0.25, 0.3) is 0 Å². The molecule has 0 bridgehead atoms. The van der Waals surface area contributed by atoms with Crippen molar-refractivity contribution < 1.29 is 9.59 Å². The lowest BCUT2D eigenvalue weighted by atomic mass is 9.66. The van der Waals surface area contributed by atoms with Gasteiger partial charge in [0.05, 0.1) is 9.49 Å². The highest BCUT2D eigenvalue weighted by atomic mass is 32.2. The highest BCUT2D eigenvalue weighted by Crippen LogP contribution is 2.50. The van der Waals surface area contributed by atoms with Gasteiger partial charge in [-0.15, -0.1) is 23.5 Å². The normalized spacial score (nSPS) is 12.1. The summed E-state index contributed by atoms with van der Waals surface area (Å²) in [5.74, 6) is 0.331. The number of thiol groups is 1. The fraction of sp³-hybridized carbons (Fsp3) is 0.138. The lowest BCUT2D eigenvalue weighted by Gasteiger charge is -2.38. The van der Waals surface area contributed by atoms with Crippen LogP contribution in [0.1, 0.15) is 62.9 Å². The van der Waals surface area contributed by atoms with Gasteiger partial charge in [0.1, 0.15) is 6.04 Å². The predicted octanol–water partition coefficient (Wildman–Crippen LogP) is 14.4. The van der Waals surface area contributed by atoms with Crippen molar-refractivity contribution in [1.29, 1.82) is 0 Å². The van der Waals surface area contributed by atoms with Crippen molar-refractivity contribution in [3.63, 3.8) is 0 Å². The van der Waals surface area contributed by atoms with Gasteiger partial charge in [-0.05, 0) is 56.5 Å². The smallest absolute Gasteiger partial charge is 0.244 e. The highest BCUT2D eigenvalue weighted by molar-refractivity contribution is 8.01. The second-order valence-electron chi connectivity index (χ2n) is 17.8. The van der Waals surface area contributed by atoms with Crippen LogP contribution < -0.4 is 5.32 Å². The molecule has 1 N–H and O–H groups in total. The first-order valence-corrected chi connectivity index (χ1v) is 26.9. The first-order chi connectivity index (χ1) is 35.5. The summed E-state index contributed by atoms with van der Waals surface area (Å²) in [6.07, 6.45) is 0.572. The minimum Gasteiger partial charge on any atom is -0.353 e. The Hall–Kier alpha value is -7.03. The van der Waals surface area contributed by atoms with Crippen molar-refractivity contribution in [2.45, 2.75) is 33.8 Å². The van der Waals surface area contributed by atoms with Crippen LogP contribution in [0.15, 0.2) is 273 Å². The van der Waals surface area contributed by atoms with E-state index in [1.54, 1.807) is 23.5 Å². The summed E-state index contributed by atoms with van der Waals surface area (Å²) in [7, 11) is 0. The van der Waals surface area contributed by atoms with Crippen LogP contribution in [-0.2, 0) is 24.5 Å². The summed E-state index contributed by atoms with van der Waals surface area (Å²) in [5, 5.41) is 3.34. The van der Waals surface area contributed by atoms with Gasteiger partial charge in [-0.3, -0.25) is 13.9 Å². The van der Waals surface area contributed by atoms with E-state index in [9.17, 15) is 0 Å². The van der Waals surface area contributed by atoms with Gasteiger partial charge in [0.15, 0.2) is 0 Å². The van der Waals surface area contributed by atoms with E-state index in [1.165, 1.54) is 4.31 Å². The van der Waals surface area contributed by atoms with E-state index in [0.29, 0.717) is 18.7 Å². The Labute approximate surface area is 439 Å². The predicted molar refractivity (Wildman–Crippen MR) is 304 cm³/mol. The zero-order chi connectivity index (χ0) is 49.5. The van der Waals surface area contributed by atoms with Crippen molar-refractivity contribution in [3.8, 4) is 0 Å². The molecule has 0 radical (unpaired) electrons. The lowest BCUT2D eigenvalue weighted by molar-refractivity contribution is -0.133. The van der Waals surface area contributed by atoms with Crippen molar-refractivity contribution in [1.82, 2.24) is 9.62 Å². The molecule has 0 saturated heterocycles. The molecule has 0 spiro atoms. The number of carbonyl (C=O) groups excluding carboxylic acids is 2. The molecular formula is C65H58N2O2S3. The Kier molecular flexibility index (Phi) is 16.6. The molecule has 0 aliphatic carbocycles. The van der Waals surface area contributed by atoms with E-state index in [0.717, 1.165) is 50.1 Å². The monoisotopic (exact) mass is 994 g/mol. The van der Waals surface area contributed by atoms with Gasteiger partial charge in [-0.2, -0.15) is 0 Å². The zero-order valence-corrected chi connectivity index (χ0v) is 42.6. The highest BCUT2D eigenvalue weighted by Gasteiger charge is 2.42. The number of amides is 2. The third-order valence-corrected chi connectivity index (χ3v) is 17.3. The quantitative estimate of drug-likeness (QED) is 0.0428. The molecule has 0 aromatic heterocycles. The van der Waals surface area contributed by atoms with Gasteiger partial charge in [0, 0.05) is 29.9 Å². The number of nitrogens with zero attached hydrogens (tertiary/aromatic N) is 1. The van der Waals surface area contributed by atoms with Crippen LogP contribution in [0.4, 0.5) is 0 Å². The SMILES string of the molecule is O=C(NCCSC(c1ccccc1)(c1ccccc1)c1ccccc1)C(CSC(c1ccccc1)(c1ccccc1)c1ccccc1)N(S)C(=O)CCC(c1ccccc1)(c1ccccc1)c1ccccc1. The van der Waals surface area contributed by atoms with Crippen LogP contribution in [0, 0.1) is 0 Å². The minimum atomic E-state index is -0.951. The average Bonchev–Trinajstić information content (AvgIpc) is 3.46. The van der Waals surface area contributed by atoms with E-state index in [1.807, 2.05) is 54.6 Å². The summed E-state index contributed by atoms with van der Waals surface area (Å²) >= 11 is 8.52. The number of thioether (sulfide) groups is 2. The molecule has 4 nitrogen and oxygen atoms in total. The van der Waals surface area contributed by atoms with E-state index < -0.39 is 21.0 Å². The second-order valence-corrected chi connectivity index (χ2v) is 20.7. The molecule has 1 unspecified atom stereocenters. The first-order valence-electron chi connectivity index (χ1n) is 24.5. The van der Waals surface area contributed by atoms with Crippen LogP contribution in [0.3, 0.4) is 0 Å². The molecule has 9 rings (SSSR count). The van der Waals surface area contributed by atoms with Gasteiger partial charge in [-0.1, -0.05) is 286 Å². The molecule has 72 heavy (non-hydrogen) atoms. The fourth-order valence-electron chi connectivity index (χ4n) is 10.2. The maximum atomic E-state index is 15.2. The van der Waals surface area contributed by atoms with E-state index >= 15 is 9.59 Å². The topological polar surface area (TPSA) is 49.4 Å². The van der Waals surface area contributed by atoms with Crippen LogP contribution in [-0.4, -0.2) is 40.2 Å². The maximum Gasteiger partial charge on any atom is 0.244 e. The van der Waals surface area contributed by atoms with E-state index in [4.69, 9.17) is 12.8 Å². The first kappa shape index (κ1) is 49.9. The standard InChI is InChI=1S/C65H58N2O2S3/c68-61(46-47-63(51-28-10-1-11-29-51,52-30-12-2-13-31-52)53-32-14-3-15-33-53)67(70)60(50-72-65(57-40-22-7-23-41-57,58-42-24-8-25-43-58)59-44-26-9-27-45-59)62(69)66-48-49-71-64(54-34-16-4-17-35-54,55-36-18-5-19-37-55)56-38-20-6-21-39-56/h1-45,60,70H,46-50H2,(H,66,69). The van der Waals surface area contributed by atoms with Crippen LogP contribution >= 0.6 is 36.3 Å².